The van der Waals surface area contributed by atoms with Gasteiger partial charge in [-0.15, -0.1) is 0 Å². The van der Waals surface area contributed by atoms with Gasteiger partial charge in [-0.3, -0.25) is 0 Å². The van der Waals surface area contributed by atoms with Gasteiger partial charge in [0.05, 0.1) is 0 Å². The number of aryl methyl sites for hydroxylation is 1. The van der Waals surface area contributed by atoms with Crippen molar-refractivity contribution in [3.8, 4) is 11.1 Å². The van der Waals surface area contributed by atoms with Crippen molar-refractivity contribution < 1.29 is 0 Å². The molecule has 0 saturated carbocycles. The Morgan fingerprint density at radius 2 is 1.81 bits per heavy atom. The summed E-state index contributed by atoms with van der Waals surface area (Å²) in [6.45, 7) is 4.48. The molecule has 0 N–H and O–H groups in total. The molecular formula is C16H16. The van der Waals surface area contributed by atoms with Gasteiger partial charge >= 0.3 is 0 Å². The molecule has 0 saturated heterocycles. The van der Waals surface area contributed by atoms with Crippen LogP contribution in [-0.4, -0.2) is 0 Å². The summed E-state index contributed by atoms with van der Waals surface area (Å²) in [6, 6.07) is 13.3. The molecule has 0 fully saturated rings. The van der Waals surface area contributed by atoms with E-state index in [-0.39, 0.29) is 0 Å². The molecule has 0 aromatic heterocycles. The highest BCUT2D eigenvalue weighted by atomic mass is 14.2. The van der Waals surface area contributed by atoms with Gasteiger partial charge in [-0.25, -0.2) is 0 Å². The first-order valence-electron chi connectivity index (χ1n) is 6.01. The first-order chi connectivity index (χ1) is 7.81. The van der Waals surface area contributed by atoms with Crippen LogP contribution in [0, 0.1) is 6.92 Å². The maximum Gasteiger partial charge on any atom is -0.00106 e. The van der Waals surface area contributed by atoms with E-state index in [0.29, 0.717) is 0 Å². The Labute approximate surface area is 96.9 Å². The number of hydrogen-bond donors (Lipinski definition) is 0. The lowest BCUT2D eigenvalue weighted by atomic mass is 9.95. The second kappa shape index (κ2) is 3.48. The van der Waals surface area contributed by atoms with E-state index in [0.717, 1.165) is 12.8 Å². The van der Waals surface area contributed by atoms with E-state index in [4.69, 9.17) is 0 Å². The topological polar surface area (TPSA) is 0 Å². The van der Waals surface area contributed by atoms with Crippen LogP contribution in [0.5, 0.6) is 0 Å². The van der Waals surface area contributed by atoms with Gasteiger partial charge < -0.3 is 0 Å². The molecule has 2 aromatic carbocycles. The summed E-state index contributed by atoms with van der Waals surface area (Å²) in [5.74, 6) is 0. The predicted molar refractivity (Wildman–Crippen MR) is 68.8 cm³/mol. The molecule has 16 heavy (non-hydrogen) atoms. The molecule has 0 spiro atoms. The minimum absolute atomic E-state index is 1.12. The maximum atomic E-state index is 2.29. The van der Waals surface area contributed by atoms with Gasteiger partial charge in [-0.2, -0.15) is 0 Å². The van der Waals surface area contributed by atoms with E-state index in [9.17, 15) is 0 Å². The highest BCUT2D eigenvalue weighted by Crippen LogP contribution is 2.39. The monoisotopic (exact) mass is 208 g/mol. The van der Waals surface area contributed by atoms with Gasteiger partial charge in [0.2, 0.25) is 0 Å². The number of fused-ring (bicyclic) bond motifs is 3. The van der Waals surface area contributed by atoms with E-state index < -0.39 is 0 Å². The standard InChI is InChI=1S/C16H16/c1-3-13-11(2)8-9-15-14-7-5-4-6-12(14)10-16(13)15/h4-9H,3,10H2,1-2H3. The quantitative estimate of drug-likeness (QED) is 0.564. The molecule has 0 bridgehead atoms. The lowest BCUT2D eigenvalue weighted by molar-refractivity contribution is 1.06. The molecule has 1 aliphatic carbocycles. The molecule has 0 heterocycles. The van der Waals surface area contributed by atoms with Crippen molar-refractivity contribution in [1.29, 1.82) is 0 Å². The molecule has 2 aromatic rings. The van der Waals surface area contributed by atoms with Crippen LogP contribution >= 0.6 is 0 Å². The summed E-state index contributed by atoms with van der Waals surface area (Å²) in [5, 5.41) is 0. The molecular weight excluding hydrogens is 192 g/mol. The smallest absolute Gasteiger partial charge is 0.00106 e. The average Bonchev–Trinajstić information content (AvgIpc) is 2.67. The first-order valence-corrected chi connectivity index (χ1v) is 6.01. The highest BCUT2D eigenvalue weighted by molar-refractivity contribution is 5.78. The van der Waals surface area contributed by atoms with Crippen molar-refractivity contribution >= 4 is 0 Å². The fourth-order valence-corrected chi connectivity index (χ4v) is 2.88. The second-order valence-electron chi connectivity index (χ2n) is 4.57. The molecule has 0 aliphatic heterocycles. The largest absolute Gasteiger partial charge is 0.0619 e. The Balaban J connectivity index is 2.28. The van der Waals surface area contributed by atoms with Crippen molar-refractivity contribution in [1.82, 2.24) is 0 Å². The molecule has 0 unspecified atom stereocenters. The summed E-state index contributed by atoms with van der Waals surface area (Å²) in [7, 11) is 0. The van der Waals surface area contributed by atoms with Gasteiger partial charge in [0.15, 0.2) is 0 Å². The van der Waals surface area contributed by atoms with Crippen molar-refractivity contribution in [3.05, 3.63) is 58.7 Å². The van der Waals surface area contributed by atoms with E-state index in [1.807, 2.05) is 0 Å². The third-order valence-corrected chi connectivity index (χ3v) is 3.69. The first kappa shape index (κ1) is 9.65. The average molecular weight is 208 g/mol. The van der Waals surface area contributed by atoms with E-state index in [1.165, 1.54) is 22.3 Å². The Hall–Kier alpha value is -1.56. The van der Waals surface area contributed by atoms with Crippen molar-refractivity contribution in [3.63, 3.8) is 0 Å². The third-order valence-electron chi connectivity index (χ3n) is 3.69. The van der Waals surface area contributed by atoms with Gasteiger partial charge in [0.25, 0.3) is 0 Å². The van der Waals surface area contributed by atoms with Crippen LogP contribution in [0.3, 0.4) is 0 Å². The Morgan fingerprint density at radius 1 is 1.00 bits per heavy atom. The number of benzene rings is 2. The van der Waals surface area contributed by atoms with Crippen LogP contribution < -0.4 is 0 Å². The number of hydrogen-bond acceptors (Lipinski definition) is 0. The van der Waals surface area contributed by atoms with Gasteiger partial charge in [0, 0.05) is 0 Å². The van der Waals surface area contributed by atoms with Gasteiger partial charge in [-0.1, -0.05) is 43.3 Å². The minimum atomic E-state index is 1.12. The summed E-state index contributed by atoms with van der Waals surface area (Å²) in [6.07, 6.45) is 2.26. The lowest BCUT2D eigenvalue weighted by Crippen LogP contribution is -1.94. The zero-order valence-corrected chi connectivity index (χ0v) is 9.88. The molecule has 0 amide bonds. The van der Waals surface area contributed by atoms with Crippen molar-refractivity contribution in [2.45, 2.75) is 26.7 Å². The summed E-state index contributed by atoms with van der Waals surface area (Å²) >= 11 is 0. The Morgan fingerprint density at radius 3 is 2.62 bits per heavy atom. The van der Waals surface area contributed by atoms with Crippen LogP contribution in [0.4, 0.5) is 0 Å². The second-order valence-corrected chi connectivity index (χ2v) is 4.57. The zero-order chi connectivity index (χ0) is 11.1. The van der Waals surface area contributed by atoms with Crippen LogP contribution in [0.15, 0.2) is 36.4 Å². The SMILES string of the molecule is CCc1c(C)ccc2c1Cc1ccccc1-2. The summed E-state index contributed by atoms with van der Waals surface area (Å²) in [4.78, 5) is 0. The van der Waals surface area contributed by atoms with Crippen LogP contribution in [0.2, 0.25) is 0 Å². The zero-order valence-electron chi connectivity index (χ0n) is 9.88. The molecule has 80 valence electrons. The van der Waals surface area contributed by atoms with Gasteiger partial charge in [0.1, 0.15) is 0 Å². The molecule has 3 rings (SSSR count). The van der Waals surface area contributed by atoms with E-state index >= 15 is 0 Å². The molecule has 0 heteroatoms. The maximum absolute atomic E-state index is 2.29. The summed E-state index contributed by atoms with van der Waals surface area (Å²) in [5.41, 5.74) is 8.93. The lowest BCUT2D eigenvalue weighted by Gasteiger charge is -2.09. The van der Waals surface area contributed by atoms with Crippen molar-refractivity contribution in [2.24, 2.45) is 0 Å². The third kappa shape index (κ3) is 1.23. The Bertz CT molecular complexity index is 550. The molecule has 0 atom stereocenters. The minimum Gasteiger partial charge on any atom is -0.0619 e. The van der Waals surface area contributed by atoms with Crippen LogP contribution in [0.25, 0.3) is 11.1 Å². The van der Waals surface area contributed by atoms with Crippen LogP contribution in [-0.2, 0) is 12.8 Å². The predicted octanol–water partition coefficient (Wildman–Crippen LogP) is 4.13. The fourth-order valence-electron chi connectivity index (χ4n) is 2.88. The molecule has 0 radical (unpaired) electrons. The molecule has 1 aliphatic rings. The normalized spacial score (nSPS) is 12.4. The highest BCUT2D eigenvalue weighted by Gasteiger charge is 2.20. The van der Waals surface area contributed by atoms with E-state index in [1.54, 1.807) is 11.1 Å². The van der Waals surface area contributed by atoms with Crippen LogP contribution in [0.1, 0.15) is 29.2 Å². The summed E-state index contributed by atoms with van der Waals surface area (Å²) < 4.78 is 0. The van der Waals surface area contributed by atoms with Gasteiger partial charge in [-0.05, 0) is 53.1 Å². The van der Waals surface area contributed by atoms with Crippen molar-refractivity contribution in [2.75, 3.05) is 0 Å². The Kier molecular flexibility index (Phi) is 2.10. The molecule has 0 nitrogen and oxygen atoms in total. The fraction of sp³-hybridized carbons (Fsp3) is 0.250. The number of rotatable bonds is 1. The van der Waals surface area contributed by atoms with E-state index in [2.05, 4.69) is 50.2 Å².